The van der Waals surface area contributed by atoms with E-state index in [0.717, 1.165) is 24.8 Å². The van der Waals surface area contributed by atoms with E-state index in [9.17, 15) is 0 Å². The molecule has 0 bridgehead atoms. The van der Waals surface area contributed by atoms with Crippen LogP contribution in [0, 0.1) is 0 Å². The first-order valence-corrected chi connectivity index (χ1v) is 6.97. The van der Waals surface area contributed by atoms with Gasteiger partial charge in [0.05, 0.1) is 13.2 Å². The summed E-state index contributed by atoms with van der Waals surface area (Å²) in [5.74, 6) is 0.918. The molecule has 19 heavy (non-hydrogen) atoms. The van der Waals surface area contributed by atoms with E-state index in [-0.39, 0.29) is 0 Å². The molecule has 0 spiro atoms. The van der Waals surface area contributed by atoms with Crippen LogP contribution < -0.4 is 9.30 Å². The minimum atomic E-state index is 0.794. The van der Waals surface area contributed by atoms with Crippen LogP contribution in [-0.2, 0) is 6.54 Å². The van der Waals surface area contributed by atoms with Gasteiger partial charge in [0.2, 0.25) is 5.69 Å². The number of hydrogen-bond acceptors (Lipinski definition) is 2. The summed E-state index contributed by atoms with van der Waals surface area (Å²) in [5.41, 5.74) is 2.67. The molecular weight excluding hydrogens is 236 g/mol. The van der Waals surface area contributed by atoms with Gasteiger partial charge < -0.3 is 9.64 Å². The second kappa shape index (κ2) is 5.08. The van der Waals surface area contributed by atoms with Gasteiger partial charge in [0.25, 0.3) is 0 Å². The van der Waals surface area contributed by atoms with Crippen molar-refractivity contribution in [2.24, 2.45) is 0 Å². The first kappa shape index (κ1) is 12.3. The van der Waals surface area contributed by atoms with Crippen LogP contribution in [0.25, 0.3) is 5.57 Å². The molecule has 3 heterocycles. The standard InChI is InChI=1S/C16H21N2O/c1-3-8-17-10-7-15(19-2)11-16(17)13-4-5-14-6-9-18(14)12-13/h3,7,10-12,14H,1,4-6,8-9H2,2H3/q+1. The third kappa shape index (κ3) is 2.25. The molecule has 0 aromatic carbocycles. The van der Waals surface area contributed by atoms with Gasteiger partial charge in [-0.25, -0.2) is 0 Å². The lowest BCUT2D eigenvalue weighted by Gasteiger charge is -2.43. The minimum absolute atomic E-state index is 0.794. The molecule has 0 radical (unpaired) electrons. The monoisotopic (exact) mass is 257 g/mol. The van der Waals surface area contributed by atoms with Crippen molar-refractivity contribution in [2.45, 2.75) is 31.8 Å². The normalized spacial score (nSPS) is 21.2. The van der Waals surface area contributed by atoms with Gasteiger partial charge in [0.15, 0.2) is 12.7 Å². The van der Waals surface area contributed by atoms with Crippen LogP contribution >= 0.6 is 0 Å². The van der Waals surface area contributed by atoms with E-state index in [4.69, 9.17) is 4.74 Å². The highest BCUT2D eigenvalue weighted by molar-refractivity contribution is 5.62. The molecule has 0 amide bonds. The van der Waals surface area contributed by atoms with Gasteiger partial charge in [-0.2, -0.15) is 4.57 Å². The molecule has 2 aliphatic heterocycles. The van der Waals surface area contributed by atoms with Crippen molar-refractivity contribution in [3.05, 3.63) is 42.9 Å². The van der Waals surface area contributed by atoms with Crippen molar-refractivity contribution >= 4 is 5.57 Å². The summed E-state index contributed by atoms with van der Waals surface area (Å²) in [4.78, 5) is 2.47. The molecule has 1 atom stereocenters. The molecule has 3 nitrogen and oxygen atoms in total. The molecule has 1 fully saturated rings. The predicted molar refractivity (Wildman–Crippen MR) is 75.7 cm³/mol. The first-order valence-electron chi connectivity index (χ1n) is 6.97. The fraction of sp³-hybridized carbons (Fsp3) is 0.438. The lowest BCUT2D eigenvalue weighted by atomic mass is 9.90. The Hall–Kier alpha value is -1.77. The van der Waals surface area contributed by atoms with E-state index in [1.165, 1.54) is 30.7 Å². The quantitative estimate of drug-likeness (QED) is 0.608. The summed E-state index contributed by atoms with van der Waals surface area (Å²) in [5, 5.41) is 0. The zero-order valence-corrected chi connectivity index (χ0v) is 11.5. The number of allylic oxidation sites excluding steroid dienone is 2. The van der Waals surface area contributed by atoms with Gasteiger partial charge in [-0.3, -0.25) is 0 Å². The van der Waals surface area contributed by atoms with E-state index < -0.39 is 0 Å². The lowest BCUT2D eigenvalue weighted by Crippen LogP contribution is -2.46. The number of pyridine rings is 1. The fourth-order valence-electron chi connectivity index (χ4n) is 2.93. The van der Waals surface area contributed by atoms with Gasteiger partial charge >= 0.3 is 0 Å². The molecule has 2 aliphatic rings. The Balaban J connectivity index is 1.97. The van der Waals surface area contributed by atoms with Crippen molar-refractivity contribution in [1.82, 2.24) is 4.90 Å². The second-order valence-electron chi connectivity index (χ2n) is 5.27. The van der Waals surface area contributed by atoms with Crippen LogP contribution in [0.5, 0.6) is 5.75 Å². The van der Waals surface area contributed by atoms with Crippen molar-refractivity contribution in [3.8, 4) is 5.75 Å². The Kier molecular flexibility index (Phi) is 3.28. The fourth-order valence-corrected chi connectivity index (χ4v) is 2.93. The maximum Gasteiger partial charge on any atom is 0.213 e. The average Bonchev–Trinajstić information content (AvgIpc) is 2.41. The zero-order valence-electron chi connectivity index (χ0n) is 11.5. The van der Waals surface area contributed by atoms with Gasteiger partial charge in [-0.15, -0.1) is 0 Å². The van der Waals surface area contributed by atoms with Crippen molar-refractivity contribution in [3.63, 3.8) is 0 Å². The van der Waals surface area contributed by atoms with Crippen LogP contribution in [0.3, 0.4) is 0 Å². The van der Waals surface area contributed by atoms with E-state index in [1.54, 1.807) is 7.11 Å². The van der Waals surface area contributed by atoms with Gasteiger partial charge in [-0.1, -0.05) is 6.58 Å². The van der Waals surface area contributed by atoms with Crippen LogP contribution in [-0.4, -0.2) is 24.6 Å². The number of methoxy groups -OCH3 is 1. The molecular formula is C16H21N2O+. The molecule has 1 unspecified atom stereocenters. The summed E-state index contributed by atoms with van der Waals surface area (Å²) < 4.78 is 7.60. The van der Waals surface area contributed by atoms with Gasteiger partial charge in [-0.05, 0) is 25.3 Å². The Morgan fingerprint density at radius 2 is 2.42 bits per heavy atom. The molecule has 3 heteroatoms. The minimum Gasteiger partial charge on any atom is -0.496 e. The largest absolute Gasteiger partial charge is 0.496 e. The zero-order chi connectivity index (χ0) is 13.2. The number of hydrogen-bond donors (Lipinski definition) is 0. The predicted octanol–water partition coefficient (Wildman–Crippen LogP) is 2.38. The van der Waals surface area contributed by atoms with Crippen LogP contribution in [0.15, 0.2) is 37.2 Å². The summed E-state index contributed by atoms with van der Waals surface area (Å²) in [7, 11) is 1.72. The number of aromatic nitrogens is 1. The summed E-state index contributed by atoms with van der Waals surface area (Å²) in [6, 6.07) is 4.93. The summed E-state index contributed by atoms with van der Waals surface area (Å²) >= 11 is 0. The molecule has 0 N–H and O–H groups in total. The summed E-state index contributed by atoms with van der Waals surface area (Å²) in [6.45, 7) is 5.88. The van der Waals surface area contributed by atoms with Gasteiger partial charge in [0, 0.05) is 30.4 Å². The average molecular weight is 257 g/mol. The molecule has 1 saturated heterocycles. The topological polar surface area (TPSA) is 16.4 Å². The smallest absolute Gasteiger partial charge is 0.213 e. The van der Waals surface area contributed by atoms with Crippen LogP contribution in [0.4, 0.5) is 0 Å². The maximum atomic E-state index is 5.36. The molecule has 0 saturated carbocycles. The number of ether oxygens (including phenoxy) is 1. The maximum absolute atomic E-state index is 5.36. The highest BCUT2D eigenvalue weighted by Crippen LogP contribution is 2.33. The Labute approximate surface area is 114 Å². The lowest BCUT2D eigenvalue weighted by molar-refractivity contribution is -0.689. The van der Waals surface area contributed by atoms with Crippen molar-refractivity contribution in [1.29, 1.82) is 0 Å². The second-order valence-corrected chi connectivity index (χ2v) is 5.27. The molecule has 3 rings (SSSR count). The number of fused-ring (bicyclic) bond motifs is 1. The van der Waals surface area contributed by atoms with Crippen molar-refractivity contribution in [2.75, 3.05) is 13.7 Å². The Bertz CT molecular complexity index is 521. The van der Waals surface area contributed by atoms with E-state index in [1.807, 2.05) is 12.1 Å². The molecule has 100 valence electrons. The van der Waals surface area contributed by atoms with E-state index in [0.29, 0.717) is 0 Å². The van der Waals surface area contributed by atoms with E-state index >= 15 is 0 Å². The van der Waals surface area contributed by atoms with Crippen LogP contribution in [0.1, 0.15) is 25.0 Å². The molecule has 1 aromatic rings. The Morgan fingerprint density at radius 3 is 3.05 bits per heavy atom. The van der Waals surface area contributed by atoms with Gasteiger partial charge in [0.1, 0.15) is 5.75 Å². The number of nitrogens with zero attached hydrogens (tertiary/aromatic N) is 2. The highest BCUT2D eigenvalue weighted by Gasteiger charge is 2.31. The van der Waals surface area contributed by atoms with E-state index in [2.05, 4.69) is 34.5 Å². The van der Waals surface area contributed by atoms with Crippen LogP contribution in [0.2, 0.25) is 0 Å². The third-order valence-corrected chi connectivity index (χ3v) is 4.16. The first-order chi connectivity index (χ1) is 9.31. The Morgan fingerprint density at radius 1 is 1.53 bits per heavy atom. The van der Waals surface area contributed by atoms with Crippen molar-refractivity contribution < 1.29 is 9.30 Å². The highest BCUT2D eigenvalue weighted by atomic mass is 16.5. The summed E-state index contributed by atoms with van der Waals surface area (Å²) in [6.07, 6.45) is 10.1. The molecule has 0 aliphatic carbocycles. The third-order valence-electron chi connectivity index (χ3n) is 4.16. The molecule has 1 aromatic heterocycles. The SMILES string of the molecule is C=CC[n+]1ccc(OC)cc1C1=CN2CCC2CC1. The number of rotatable bonds is 4.